The lowest BCUT2D eigenvalue weighted by Crippen LogP contribution is -2.11. The van der Waals surface area contributed by atoms with Crippen molar-refractivity contribution >= 4 is 11.3 Å². The molecular weight excluding hydrogens is 331 g/mol. The molecule has 9 heteroatoms. The molecule has 0 bridgehead atoms. The van der Waals surface area contributed by atoms with Crippen molar-refractivity contribution in [2.45, 2.75) is 38.1 Å². The Bertz CT molecular complexity index is 663. The summed E-state index contributed by atoms with van der Waals surface area (Å²) >= 11 is 1.45. The molecular formula is C14H16F3N3O2S. The first-order valence-corrected chi connectivity index (χ1v) is 8.15. The Morgan fingerprint density at radius 3 is 2.91 bits per heavy atom. The van der Waals surface area contributed by atoms with Crippen LogP contribution in [0.3, 0.4) is 0 Å². The van der Waals surface area contributed by atoms with Gasteiger partial charge in [-0.3, -0.25) is 4.68 Å². The molecule has 0 saturated carbocycles. The van der Waals surface area contributed by atoms with Crippen LogP contribution in [0.5, 0.6) is 0 Å². The molecule has 3 heterocycles. The second-order valence-electron chi connectivity index (χ2n) is 5.35. The van der Waals surface area contributed by atoms with Gasteiger partial charge >= 0.3 is 6.18 Å². The predicted molar refractivity (Wildman–Crippen MR) is 77.2 cm³/mol. The van der Waals surface area contributed by atoms with E-state index in [1.807, 2.05) is 5.38 Å². The number of hydrogen-bond donors (Lipinski definition) is 1. The van der Waals surface area contributed by atoms with Gasteiger partial charge in [0.25, 0.3) is 0 Å². The Labute approximate surface area is 134 Å². The number of thiazole rings is 1. The van der Waals surface area contributed by atoms with E-state index in [2.05, 4.69) is 10.1 Å². The van der Waals surface area contributed by atoms with Gasteiger partial charge in [0.1, 0.15) is 11.1 Å². The Balaban J connectivity index is 1.77. The lowest BCUT2D eigenvalue weighted by atomic mass is 10.2. The molecule has 1 fully saturated rings. The Hall–Kier alpha value is -1.45. The Kier molecular flexibility index (Phi) is 4.69. The molecule has 2 aromatic rings. The predicted octanol–water partition coefficient (Wildman–Crippen LogP) is 2.79. The van der Waals surface area contributed by atoms with Gasteiger partial charge in [0.05, 0.1) is 12.2 Å². The summed E-state index contributed by atoms with van der Waals surface area (Å²) in [6.45, 7) is 0.532. The highest BCUT2D eigenvalue weighted by Gasteiger charge is 2.36. The average molecular weight is 347 g/mol. The lowest BCUT2D eigenvalue weighted by Gasteiger charge is -2.04. The van der Waals surface area contributed by atoms with E-state index in [9.17, 15) is 13.2 Å². The van der Waals surface area contributed by atoms with Gasteiger partial charge in [-0.1, -0.05) is 0 Å². The molecule has 1 saturated heterocycles. The number of aromatic nitrogens is 3. The number of hydrogen-bond acceptors (Lipinski definition) is 5. The second kappa shape index (κ2) is 6.58. The van der Waals surface area contributed by atoms with Crippen molar-refractivity contribution in [2.24, 2.45) is 0 Å². The number of ether oxygens (including phenoxy) is 1. The van der Waals surface area contributed by atoms with Crippen LogP contribution in [0.15, 0.2) is 11.6 Å². The number of nitrogens with zero attached hydrogens (tertiary/aromatic N) is 3. The average Bonchev–Trinajstić information content (AvgIpc) is 3.18. The maximum atomic E-state index is 12.9. The van der Waals surface area contributed by atoms with Crippen molar-refractivity contribution in [3.05, 3.63) is 33.5 Å². The summed E-state index contributed by atoms with van der Waals surface area (Å²) in [5.41, 5.74) is -0.289. The zero-order valence-electron chi connectivity index (χ0n) is 12.2. The lowest BCUT2D eigenvalue weighted by molar-refractivity contribution is -0.142. The van der Waals surface area contributed by atoms with Crippen LogP contribution in [0, 0.1) is 0 Å². The molecule has 1 aliphatic heterocycles. The third kappa shape index (κ3) is 3.73. The summed E-state index contributed by atoms with van der Waals surface area (Å²) in [5, 5.41) is 15.2. The SMILES string of the molecule is OCCc1cn(Cc2csc(C3CCCO3)n2)nc1C(F)(F)F. The van der Waals surface area contributed by atoms with Gasteiger partial charge < -0.3 is 9.84 Å². The molecule has 5 nitrogen and oxygen atoms in total. The van der Waals surface area contributed by atoms with E-state index in [0.717, 1.165) is 24.5 Å². The van der Waals surface area contributed by atoms with Crippen molar-refractivity contribution in [2.75, 3.05) is 13.2 Å². The fourth-order valence-corrected chi connectivity index (χ4v) is 3.46. The summed E-state index contributed by atoms with van der Waals surface area (Å²) in [6.07, 6.45) is -1.36. The molecule has 1 atom stereocenters. The van der Waals surface area contributed by atoms with Crippen LogP contribution in [0.25, 0.3) is 0 Å². The van der Waals surface area contributed by atoms with Crippen LogP contribution in [0.2, 0.25) is 0 Å². The molecule has 0 radical (unpaired) electrons. The topological polar surface area (TPSA) is 60.2 Å². The molecule has 126 valence electrons. The van der Waals surface area contributed by atoms with Crippen LogP contribution in [0.4, 0.5) is 13.2 Å². The van der Waals surface area contributed by atoms with Gasteiger partial charge in [-0.25, -0.2) is 4.98 Å². The van der Waals surface area contributed by atoms with Crippen LogP contribution in [-0.4, -0.2) is 33.1 Å². The first-order chi connectivity index (χ1) is 11.0. The molecule has 1 unspecified atom stereocenters. The first-order valence-electron chi connectivity index (χ1n) is 7.27. The minimum absolute atomic E-state index is 0.00191. The molecule has 3 rings (SSSR count). The summed E-state index contributed by atoms with van der Waals surface area (Å²) in [4.78, 5) is 4.44. The number of halogens is 3. The molecule has 0 spiro atoms. The molecule has 0 amide bonds. The van der Waals surface area contributed by atoms with Crippen molar-refractivity contribution in [3.63, 3.8) is 0 Å². The molecule has 1 N–H and O–H groups in total. The van der Waals surface area contributed by atoms with Gasteiger partial charge in [-0.2, -0.15) is 18.3 Å². The highest BCUT2D eigenvalue weighted by Crippen LogP contribution is 2.32. The summed E-state index contributed by atoms with van der Waals surface area (Å²) in [7, 11) is 0. The quantitative estimate of drug-likeness (QED) is 0.904. The van der Waals surface area contributed by atoms with Crippen LogP contribution >= 0.6 is 11.3 Å². The zero-order valence-corrected chi connectivity index (χ0v) is 13.0. The van der Waals surface area contributed by atoms with E-state index in [1.165, 1.54) is 22.2 Å². The fourth-order valence-electron chi connectivity index (χ4n) is 2.57. The smallest absolute Gasteiger partial charge is 0.396 e. The molecule has 0 aliphatic carbocycles. The summed E-state index contributed by atoms with van der Waals surface area (Å²) in [5.74, 6) is 0. The molecule has 23 heavy (non-hydrogen) atoms. The largest absolute Gasteiger partial charge is 0.435 e. The third-order valence-corrected chi connectivity index (χ3v) is 4.57. The van der Waals surface area contributed by atoms with Crippen molar-refractivity contribution in [1.29, 1.82) is 0 Å². The van der Waals surface area contributed by atoms with Gasteiger partial charge in [-0.05, 0) is 19.3 Å². The monoisotopic (exact) mass is 347 g/mol. The third-order valence-electron chi connectivity index (χ3n) is 3.59. The van der Waals surface area contributed by atoms with Crippen LogP contribution in [-0.2, 0) is 23.9 Å². The zero-order chi connectivity index (χ0) is 16.4. The minimum Gasteiger partial charge on any atom is -0.396 e. The number of aliphatic hydroxyl groups excluding tert-OH is 1. The van der Waals surface area contributed by atoms with E-state index >= 15 is 0 Å². The fraction of sp³-hybridized carbons (Fsp3) is 0.571. The highest BCUT2D eigenvalue weighted by molar-refractivity contribution is 7.09. The standard InChI is InChI=1S/C14H16F3N3O2S/c15-14(16,17)12-9(3-4-21)6-20(19-12)7-10-8-23-13(18-10)11-2-1-5-22-11/h6,8,11,21H,1-5,7H2. The Morgan fingerprint density at radius 2 is 2.26 bits per heavy atom. The maximum absolute atomic E-state index is 12.9. The van der Waals surface area contributed by atoms with Crippen molar-refractivity contribution in [1.82, 2.24) is 14.8 Å². The van der Waals surface area contributed by atoms with Gasteiger partial charge in [0, 0.05) is 30.4 Å². The van der Waals surface area contributed by atoms with E-state index in [4.69, 9.17) is 9.84 Å². The summed E-state index contributed by atoms with van der Waals surface area (Å²) < 4.78 is 45.6. The number of alkyl halides is 3. The highest BCUT2D eigenvalue weighted by atomic mass is 32.1. The normalized spacial score (nSPS) is 18.7. The maximum Gasteiger partial charge on any atom is 0.435 e. The molecule has 1 aliphatic rings. The first kappa shape index (κ1) is 16.4. The van der Waals surface area contributed by atoms with Crippen LogP contribution < -0.4 is 0 Å². The van der Waals surface area contributed by atoms with E-state index in [1.54, 1.807) is 0 Å². The van der Waals surface area contributed by atoms with E-state index in [0.29, 0.717) is 5.69 Å². The van der Waals surface area contributed by atoms with E-state index < -0.39 is 11.9 Å². The molecule has 2 aromatic heterocycles. The number of aliphatic hydroxyl groups is 1. The number of rotatable bonds is 5. The van der Waals surface area contributed by atoms with Gasteiger partial charge in [0.15, 0.2) is 5.69 Å². The van der Waals surface area contributed by atoms with Crippen molar-refractivity contribution in [3.8, 4) is 0 Å². The van der Waals surface area contributed by atoms with Gasteiger partial charge in [-0.15, -0.1) is 11.3 Å². The molecule has 0 aromatic carbocycles. The minimum atomic E-state index is -4.53. The van der Waals surface area contributed by atoms with E-state index in [-0.39, 0.29) is 31.2 Å². The van der Waals surface area contributed by atoms with Crippen LogP contribution in [0.1, 0.15) is 40.9 Å². The Morgan fingerprint density at radius 1 is 1.43 bits per heavy atom. The van der Waals surface area contributed by atoms with Gasteiger partial charge in [0.2, 0.25) is 0 Å². The van der Waals surface area contributed by atoms with Crippen molar-refractivity contribution < 1.29 is 23.0 Å². The summed E-state index contributed by atoms with van der Waals surface area (Å²) in [6, 6.07) is 0. The second-order valence-corrected chi connectivity index (χ2v) is 6.24.